The van der Waals surface area contributed by atoms with Crippen molar-refractivity contribution >= 4 is 27.8 Å². The van der Waals surface area contributed by atoms with Gasteiger partial charge in [0.05, 0.1) is 17.9 Å². The molecule has 1 fully saturated rings. The monoisotopic (exact) mass is 353 g/mol. The Kier molecular flexibility index (Phi) is 5.39. The molecule has 1 aromatic rings. The van der Waals surface area contributed by atoms with Crippen molar-refractivity contribution in [2.45, 2.75) is 38.6 Å². The Morgan fingerprint density at radius 3 is 2.33 bits per heavy atom. The molecule has 0 spiro atoms. The number of rotatable bonds is 4. The summed E-state index contributed by atoms with van der Waals surface area (Å²) in [6.07, 6.45) is 3.08. The summed E-state index contributed by atoms with van der Waals surface area (Å²) in [5.41, 5.74) is 1.01. The Balaban J connectivity index is 2.02. The van der Waals surface area contributed by atoms with Gasteiger partial charge < -0.3 is 10.4 Å². The molecule has 0 unspecified atom stereocenters. The van der Waals surface area contributed by atoms with Crippen LogP contribution in [0.15, 0.2) is 28.7 Å². The van der Waals surface area contributed by atoms with Crippen LogP contribution in [0.2, 0.25) is 0 Å². The van der Waals surface area contributed by atoms with Crippen molar-refractivity contribution in [3.8, 4) is 0 Å². The highest BCUT2D eigenvalue weighted by Gasteiger charge is 2.36. The maximum absolute atomic E-state index is 12.4. The van der Waals surface area contributed by atoms with Gasteiger partial charge in [-0.2, -0.15) is 0 Å². The largest absolute Gasteiger partial charge is 0.481 e. The van der Waals surface area contributed by atoms with Gasteiger partial charge in [0.15, 0.2) is 0 Å². The summed E-state index contributed by atoms with van der Waals surface area (Å²) in [5.74, 6) is -1.95. The minimum Gasteiger partial charge on any atom is -0.481 e. The number of hydrogen-bond donors (Lipinski definition) is 2. The molecular weight excluding hydrogens is 334 g/mol. The van der Waals surface area contributed by atoms with Crippen LogP contribution >= 0.6 is 15.9 Å². The molecule has 4 nitrogen and oxygen atoms in total. The third-order valence-corrected chi connectivity index (χ3v) is 4.68. The molecule has 1 aromatic carbocycles. The average Bonchev–Trinajstić information content (AvgIpc) is 2.47. The fourth-order valence-corrected chi connectivity index (χ4v) is 3.16. The zero-order valence-corrected chi connectivity index (χ0v) is 13.6. The zero-order valence-electron chi connectivity index (χ0n) is 12.0. The number of hydrogen-bond acceptors (Lipinski definition) is 2. The summed E-state index contributed by atoms with van der Waals surface area (Å²) in [6.45, 7) is 1.92. The lowest BCUT2D eigenvalue weighted by molar-refractivity contribution is -0.149. The van der Waals surface area contributed by atoms with Crippen molar-refractivity contribution in [1.82, 2.24) is 5.32 Å². The predicted molar refractivity (Wildman–Crippen MR) is 83.8 cm³/mol. The minimum atomic E-state index is -0.855. The molecule has 2 N–H and O–H groups in total. The molecule has 1 aliphatic carbocycles. The summed E-state index contributed by atoms with van der Waals surface area (Å²) in [6, 6.07) is 7.63. The lowest BCUT2D eigenvalue weighted by Gasteiger charge is -2.28. The molecule has 2 rings (SSSR count). The van der Waals surface area contributed by atoms with Crippen molar-refractivity contribution in [3.05, 3.63) is 34.3 Å². The third kappa shape index (κ3) is 4.06. The van der Waals surface area contributed by atoms with Gasteiger partial charge in [-0.15, -0.1) is 0 Å². The van der Waals surface area contributed by atoms with Crippen molar-refractivity contribution in [2.24, 2.45) is 11.8 Å². The van der Waals surface area contributed by atoms with Gasteiger partial charge in [-0.1, -0.05) is 40.9 Å². The number of carboxylic acids is 1. The molecule has 3 atom stereocenters. The fraction of sp³-hybridized carbons (Fsp3) is 0.500. The molecule has 0 bridgehead atoms. The average molecular weight is 354 g/mol. The topological polar surface area (TPSA) is 66.4 Å². The van der Waals surface area contributed by atoms with Gasteiger partial charge in [-0.3, -0.25) is 9.59 Å². The van der Waals surface area contributed by atoms with E-state index in [1.807, 2.05) is 31.2 Å². The Morgan fingerprint density at radius 2 is 1.76 bits per heavy atom. The number of nitrogens with one attached hydrogen (secondary N) is 1. The van der Waals surface area contributed by atoms with Crippen LogP contribution in [0.1, 0.15) is 44.2 Å². The molecule has 0 heterocycles. The van der Waals surface area contributed by atoms with Crippen LogP contribution < -0.4 is 5.32 Å². The van der Waals surface area contributed by atoms with Gasteiger partial charge in [-0.05, 0) is 37.5 Å². The first kappa shape index (κ1) is 16.0. The second-order valence-corrected chi connectivity index (χ2v) is 6.53. The molecule has 5 heteroatoms. The number of carbonyl (C=O) groups is 2. The van der Waals surface area contributed by atoms with Gasteiger partial charge in [0.2, 0.25) is 5.91 Å². The Morgan fingerprint density at radius 1 is 1.19 bits per heavy atom. The normalized spacial score (nSPS) is 23.3. The summed E-state index contributed by atoms with van der Waals surface area (Å²) >= 11 is 3.38. The fourth-order valence-electron chi connectivity index (χ4n) is 2.90. The molecule has 21 heavy (non-hydrogen) atoms. The van der Waals surface area contributed by atoms with E-state index >= 15 is 0 Å². The highest BCUT2D eigenvalue weighted by Crippen LogP contribution is 2.31. The van der Waals surface area contributed by atoms with E-state index in [1.165, 1.54) is 0 Å². The quantitative estimate of drug-likeness (QED) is 0.870. The number of benzene rings is 1. The second-order valence-electron chi connectivity index (χ2n) is 5.62. The van der Waals surface area contributed by atoms with Crippen LogP contribution in [0.3, 0.4) is 0 Å². The van der Waals surface area contributed by atoms with Crippen LogP contribution in [-0.4, -0.2) is 17.0 Å². The van der Waals surface area contributed by atoms with E-state index in [4.69, 9.17) is 0 Å². The highest BCUT2D eigenvalue weighted by atomic mass is 79.9. The smallest absolute Gasteiger partial charge is 0.307 e. The summed E-state index contributed by atoms with van der Waals surface area (Å²) in [4.78, 5) is 23.7. The molecule has 0 radical (unpaired) electrons. The molecule has 0 aromatic heterocycles. The van der Waals surface area contributed by atoms with Gasteiger partial charge in [0.1, 0.15) is 0 Å². The molecule has 0 saturated heterocycles. The highest BCUT2D eigenvalue weighted by molar-refractivity contribution is 9.10. The van der Waals surface area contributed by atoms with Crippen molar-refractivity contribution in [2.75, 3.05) is 0 Å². The van der Waals surface area contributed by atoms with E-state index in [0.29, 0.717) is 12.8 Å². The van der Waals surface area contributed by atoms with Gasteiger partial charge in [-0.25, -0.2) is 0 Å². The number of amides is 1. The van der Waals surface area contributed by atoms with Crippen LogP contribution in [0, 0.1) is 11.8 Å². The molecule has 0 aliphatic heterocycles. The first-order valence-corrected chi connectivity index (χ1v) is 8.07. The molecule has 114 valence electrons. The zero-order chi connectivity index (χ0) is 15.4. The van der Waals surface area contributed by atoms with Crippen molar-refractivity contribution in [1.29, 1.82) is 0 Å². The number of aliphatic carboxylic acids is 1. The Bertz CT molecular complexity index is 515. The molecule has 1 amide bonds. The van der Waals surface area contributed by atoms with Crippen molar-refractivity contribution < 1.29 is 14.7 Å². The van der Waals surface area contributed by atoms with E-state index in [1.54, 1.807) is 0 Å². The summed E-state index contributed by atoms with van der Waals surface area (Å²) in [5, 5.41) is 12.2. The van der Waals surface area contributed by atoms with Crippen LogP contribution in [0.25, 0.3) is 0 Å². The van der Waals surface area contributed by atoms with Crippen LogP contribution in [-0.2, 0) is 9.59 Å². The maximum atomic E-state index is 12.4. The minimum absolute atomic E-state index is 0.123. The van der Waals surface area contributed by atoms with Gasteiger partial charge >= 0.3 is 5.97 Å². The van der Waals surface area contributed by atoms with E-state index in [2.05, 4.69) is 21.2 Å². The van der Waals surface area contributed by atoms with Crippen LogP contribution in [0.5, 0.6) is 0 Å². The number of carbonyl (C=O) groups excluding carboxylic acids is 1. The lowest BCUT2D eigenvalue weighted by atomic mass is 9.78. The Hall–Kier alpha value is -1.36. The number of halogens is 1. The number of carboxylic acid groups (broad SMARTS) is 1. The van der Waals surface area contributed by atoms with Gasteiger partial charge in [0.25, 0.3) is 0 Å². The summed E-state index contributed by atoms with van der Waals surface area (Å²) < 4.78 is 0.989. The first-order chi connectivity index (χ1) is 9.99. The Labute approximate surface area is 133 Å². The first-order valence-electron chi connectivity index (χ1n) is 7.27. The van der Waals surface area contributed by atoms with Gasteiger partial charge in [0, 0.05) is 4.47 Å². The molecular formula is C16H20BrNO3. The standard InChI is InChI=1S/C16H20BrNO3/c1-10(11-6-8-12(17)9-7-11)18-15(19)13-4-2-3-5-14(13)16(20)21/h6-10,13-14H,2-5H2,1H3,(H,18,19)(H,20,21)/t10-,13+,14-/m0/s1. The third-order valence-electron chi connectivity index (χ3n) is 4.15. The van der Waals surface area contributed by atoms with Crippen LogP contribution in [0.4, 0.5) is 0 Å². The summed E-state index contributed by atoms with van der Waals surface area (Å²) in [7, 11) is 0. The predicted octanol–water partition coefficient (Wildman–Crippen LogP) is 3.52. The molecule has 1 aliphatic rings. The molecule has 1 saturated carbocycles. The van der Waals surface area contributed by atoms with E-state index in [9.17, 15) is 14.7 Å². The maximum Gasteiger partial charge on any atom is 0.307 e. The van der Waals surface area contributed by atoms with E-state index in [-0.39, 0.29) is 11.9 Å². The van der Waals surface area contributed by atoms with E-state index < -0.39 is 17.8 Å². The van der Waals surface area contributed by atoms with Crippen molar-refractivity contribution in [3.63, 3.8) is 0 Å². The second kappa shape index (κ2) is 7.07. The van der Waals surface area contributed by atoms with E-state index in [0.717, 1.165) is 22.9 Å². The SMILES string of the molecule is C[C@H](NC(=O)[C@@H]1CCCC[C@@H]1C(=O)O)c1ccc(Br)cc1. The lowest BCUT2D eigenvalue weighted by Crippen LogP contribution is -2.40.